The lowest BCUT2D eigenvalue weighted by atomic mass is 9.48. The molecule has 6 heteroatoms. The lowest BCUT2D eigenvalue weighted by Gasteiger charge is -2.59. The summed E-state index contributed by atoms with van der Waals surface area (Å²) >= 11 is 1.57. The number of aromatic amines is 1. The van der Waals surface area contributed by atoms with E-state index in [9.17, 15) is 9.59 Å². The van der Waals surface area contributed by atoms with Crippen LogP contribution >= 0.6 is 11.8 Å². The van der Waals surface area contributed by atoms with Crippen LogP contribution in [0.25, 0.3) is 0 Å². The van der Waals surface area contributed by atoms with Crippen molar-refractivity contribution in [1.82, 2.24) is 15.3 Å². The van der Waals surface area contributed by atoms with Crippen LogP contribution in [0, 0.1) is 23.2 Å². The normalized spacial score (nSPS) is 34.1. The summed E-state index contributed by atoms with van der Waals surface area (Å²) in [5.41, 5.74) is 0.240. The molecule has 0 aromatic carbocycles. The van der Waals surface area contributed by atoms with E-state index in [1.165, 1.54) is 44.6 Å². The molecule has 5 rings (SSSR count). The first-order valence-corrected chi connectivity index (χ1v) is 10.8. The van der Waals surface area contributed by atoms with E-state index >= 15 is 0 Å². The molecule has 4 aliphatic carbocycles. The fourth-order valence-electron chi connectivity index (χ4n) is 5.96. The van der Waals surface area contributed by atoms with Crippen molar-refractivity contribution >= 4 is 17.7 Å². The van der Waals surface area contributed by atoms with Crippen LogP contribution in [-0.2, 0) is 5.75 Å². The van der Waals surface area contributed by atoms with Gasteiger partial charge in [0.05, 0.1) is 5.75 Å². The molecule has 1 heterocycles. The van der Waals surface area contributed by atoms with Gasteiger partial charge in [-0.05, 0) is 74.9 Å². The van der Waals surface area contributed by atoms with Gasteiger partial charge in [-0.3, -0.25) is 9.59 Å². The minimum atomic E-state index is -0.258. The molecule has 0 spiro atoms. The summed E-state index contributed by atoms with van der Waals surface area (Å²) in [4.78, 5) is 31.6. The smallest absolute Gasteiger partial charge is 0.270 e. The molecule has 0 saturated heterocycles. The van der Waals surface area contributed by atoms with Crippen molar-refractivity contribution < 1.29 is 4.79 Å². The monoisotopic (exact) mass is 361 g/mol. The van der Waals surface area contributed by atoms with E-state index in [1.54, 1.807) is 11.8 Å². The highest BCUT2D eigenvalue weighted by atomic mass is 32.2. The molecule has 136 valence electrons. The highest BCUT2D eigenvalue weighted by Crippen LogP contribution is 2.61. The van der Waals surface area contributed by atoms with Gasteiger partial charge in [0.2, 0.25) is 0 Å². The fourth-order valence-corrected chi connectivity index (χ4v) is 6.37. The average Bonchev–Trinajstić information content (AvgIpc) is 2.53. The van der Waals surface area contributed by atoms with Gasteiger partial charge in [0.15, 0.2) is 0 Å². The molecule has 25 heavy (non-hydrogen) atoms. The summed E-state index contributed by atoms with van der Waals surface area (Å²) in [5.74, 6) is 3.52. The van der Waals surface area contributed by atoms with E-state index in [0.717, 1.165) is 17.8 Å². The van der Waals surface area contributed by atoms with E-state index in [1.807, 2.05) is 6.26 Å². The summed E-state index contributed by atoms with van der Waals surface area (Å²) in [6.45, 7) is 2.15. The summed E-state index contributed by atoms with van der Waals surface area (Å²) < 4.78 is 0. The molecular weight excluding hydrogens is 334 g/mol. The molecule has 1 amide bonds. The summed E-state index contributed by atoms with van der Waals surface area (Å²) in [6, 6.07) is 1.45. The highest BCUT2D eigenvalue weighted by molar-refractivity contribution is 7.97. The van der Waals surface area contributed by atoms with Crippen LogP contribution in [0.5, 0.6) is 0 Å². The van der Waals surface area contributed by atoms with Gasteiger partial charge in [0.1, 0.15) is 11.5 Å². The maximum Gasteiger partial charge on any atom is 0.270 e. The van der Waals surface area contributed by atoms with Gasteiger partial charge in [0, 0.05) is 12.1 Å². The van der Waals surface area contributed by atoms with Crippen molar-refractivity contribution in [3.8, 4) is 0 Å². The highest BCUT2D eigenvalue weighted by Gasteiger charge is 2.53. The molecule has 4 fully saturated rings. The zero-order chi connectivity index (χ0) is 17.6. The van der Waals surface area contributed by atoms with Crippen LogP contribution in [0.4, 0.5) is 0 Å². The third-order valence-electron chi connectivity index (χ3n) is 6.66. The van der Waals surface area contributed by atoms with Gasteiger partial charge < -0.3 is 10.3 Å². The molecule has 0 aliphatic heterocycles. The maximum absolute atomic E-state index is 12.7. The minimum Gasteiger partial charge on any atom is -0.348 e. The molecule has 1 aromatic heterocycles. The fraction of sp³-hybridized carbons (Fsp3) is 0.737. The van der Waals surface area contributed by atoms with E-state index in [-0.39, 0.29) is 28.6 Å². The quantitative estimate of drug-likeness (QED) is 0.845. The summed E-state index contributed by atoms with van der Waals surface area (Å²) in [7, 11) is 0. The molecule has 5 nitrogen and oxygen atoms in total. The molecule has 1 unspecified atom stereocenters. The second kappa shape index (κ2) is 6.45. The van der Waals surface area contributed by atoms with Gasteiger partial charge in [-0.25, -0.2) is 4.98 Å². The van der Waals surface area contributed by atoms with Crippen LogP contribution in [0.3, 0.4) is 0 Å². The first kappa shape index (κ1) is 17.1. The number of aromatic nitrogens is 2. The molecule has 2 N–H and O–H groups in total. The first-order valence-electron chi connectivity index (χ1n) is 9.37. The van der Waals surface area contributed by atoms with Gasteiger partial charge >= 0.3 is 0 Å². The SMILES string of the molecule is CSCc1nc(C(=O)NC(C)C23CC4CC(CC(C4)C2)C3)cc(=O)[nH]1. The molecule has 1 atom stereocenters. The van der Waals surface area contributed by atoms with E-state index in [0.29, 0.717) is 11.6 Å². The van der Waals surface area contributed by atoms with E-state index < -0.39 is 0 Å². The van der Waals surface area contributed by atoms with Crippen LogP contribution < -0.4 is 10.9 Å². The molecule has 0 radical (unpaired) electrons. The van der Waals surface area contributed by atoms with Crippen molar-refractivity contribution in [2.45, 2.75) is 57.2 Å². The number of carbonyl (C=O) groups is 1. The number of rotatable bonds is 5. The largest absolute Gasteiger partial charge is 0.348 e. The van der Waals surface area contributed by atoms with Crippen LogP contribution in [0.15, 0.2) is 10.9 Å². The zero-order valence-electron chi connectivity index (χ0n) is 15.0. The topological polar surface area (TPSA) is 74.8 Å². The number of nitrogens with one attached hydrogen (secondary N) is 2. The predicted molar refractivity (Wildman–Crippen MR) is 99.6 cm³/mol. The Bertz CT molecular complexity index is 694. The van der Waals surface area contributed by atoms with Crippen molar-refractivity contribution in [3.05, 3.63) is 27.9 Å². The number of hydrogen-bond donors (Lipinski definition) is 2. The lowest BCUT2D eigenvalue weighted by molar-refractivity contribution is -0.0688. The predicted octanol–water partition coefficient (Wildman–Crippen LogP) is 2.97. The zero-order valence-corrected chi connectivity index (χ0v) is 15.8. The van der Waals surface area contributed by atoms with Gasteiger partial charge in [-0.1, -0.05) is 0 Å². The Morgan fingerprint density at radius 3 is 2.48 bits per heavy atom. The van der Waals surface area contributed by atoms with Crippen LogP contribution in [0.1, 0.15) is 61.8 Å². The Morgan fingerprint density at radius 1 is 1.32 bits per heavy atom. The Morgan fingerprint density at radius 2 is 1.92 bits per heavy atom. The van der Waals surface area contributed by atoms with Crippen molar-refractivity contribution in [2.75, 3.05) is 6.26 Å². The summed E-state index contributed by atoms with van der Waals surface area (Å²) in [5, 5.41) is 3.19. The number of nitrogens with zero attached hydrogens (tertiary/aromatic N) is 1. The van der Waals surface area contributed by atoms with Crippen LogP contribution in [-0.4, -0.2) is 28.2 Å². The molecule has 4 aliphatic rings. The van der Waals surface area contributed by atoms with Crippen molar-refractivity contribution in [2.24, 2.45) is 23.2 Å². The van der Waals surface area contributed by atoms with Crippen LogP contribution in [0.2, 0.25) is 0 Å². The third-order valence-corrected chi connectivity index (χ3v) is 7.22. The number of hydrogen-bond acceptors (Lipinski definition) is 4. The molecule has 1 aromatic rings. The molecular formula is C19H27N3O2S. The molecule has 4 bridgehead atoms. The lowest BCUT2D eigenvalue weighted by Crippen LogP contribution is -2.55. The molecule has 4 saturated carbocycles. The Labute approximate surface area is 152 Å². The first-order chi connectivity index (χ1) is 12.0. The standard InChI is InChI=1S/C19H27N3O2S/c1-11(19-7-12-3-13(8-19)5-14(4-12)9-19)20-18(24)15-6-17(23)22-16(21-15)10-25-2/h6,11-14H,3-5,7-10H2,1-2H3,(H,20,24)(H,21,22,23). The number of H-pyrrole nitrogens is 1. The van der Waals surface area contributed by atoms with Gasteiger partial charge in [-0.15, -0.1) is 0 Å². The Balaban J connectivity index is 1.50. The summed E-state index contributed by atoms with van der Waals surface area (Å²) in [6.07, 6.45) is 9.89. The second-order valence-corrected chi connectivity index (χ2v) is 9.35. The maximum atomic E-state index is 12.7. The van der Waals surface area contributed by atoms with E-state index in [4.69, 9.17) is 0 Å². The van der Waals surface area contributed by atoms with E-state index in [2.05, 4.69) is 22.2 Å². The van der Waals surface area contributed by atoms with Gasteiger partial charge in [0.25, 0.3) is 11.5 Å². The Hall–Kier alpha value is -1.30. The number of carbonyl (C=O) groups excluding carboxylic acids is 1. The Kier molecular flexibility index (Phi) is 4.42. The van der Waals surface area contributed by atoms with Crippen molar-refractivity contribution in [3.63, 3.8) is 0 Å². The van der Waals surface area contributed by atoms with Crippen molar-refractivity contribution in [1.29, 1.82) is 0 Å². The van der Waals surface area contributed by atoms with Gasteiger partial charge in [-0.2, -0.15) is 11.8 Å². The number of thioether (sulfide) groups is 1. The minimum absolute atomic E-state index is 0.137. The second-order valence-electron chi connectivity index (χ2n) is 8.49. The number of amides is 1. The third kappa shape index (κ3) is 3.25. The average molecular weight is 362 g/mol.